The van der Waals surface area contributed by atoms with E-state index in [1.54, 1.807) is 13.3 Å². The first kappa shape index (κ1) is 14.4. The highest BCUT2D eigenvalue weighted by molar-refractivity contribution is 6.65. The standard InChI is InChI=1S/C15H21BN2O3/c1-14(2)15(3,4)21-16(20-14)12-9-18(5)13-11(12)7-10(19-6)8-17-13/h7-9H,1-6H3. The van der Waals surface area contributed by atoms with Crippen molar-refractivity contribution < 1.29 is 14.0 Å². The first-order chi connectivity index (χ1) is 9.75. The fraction of sp³-hybridized carbons (Fsp3) is 0.533. The summed E-state index contributed by atoms with van der Waals surface area (Å²) in [6.45, 7) is 8.21. The van der Waals surface area contributed by atoms with Crippen LogP contribution in [0.15, 0.2) is 18.5 Å². The molecule has 3 heterocycles. The van der Waals surface area contributed by atoms with Crippen LogP contribution in [-0.2, 0) is 16.4 Å². The van der Waals surface area contributed by atoms with Gasteiger partial charge in [0, 0.05) is 24.1 Å². The molecule has 1 aliphatic rings. The van der Waals surface area contributed by atoms with Crippen LogP contribution >= 0.6 is 0 Å². The zero-order valence-electron chi connectivity index (χ0n) is 13.4. The summed E-state index contributed by atoms with van der Waals surface area (Å²) in [4.78, 5) is 4.44. The van der Waals surface area contributed by atoms with Crippen LogP contribution in [0.1, 0.15) is 27.7 Å². The first-order valence-electron chi connectivity index (χ1n) is 7.10. The molecule has 6 heteroatoms. The van der Waals surface area contributed by atoms with Crippen LogP contribution in [0.4, 0.5) is 0 Å². The smallest absolute Gasteiger partial charge is 0.495 e. The summed E-state index contributed by atoms with van der Waals surface area (Å²) in [5, 5.41) is 0.996. The summed E-state index contributed by atoms with van der Waals surface area (Å²) in [6.07, 6.45) is 3.73. The van der Waals surface area contributed by atoms with Gasteiger partial charge in [-0.2, -0.15) is 0 Å². The molecule has 0 aliphatic carbocycles. The molecule has 2 aromatic rings. The Balaban J connectivity index is 2.09. The van der Waals surface area contributed by atoms with Crippen LogP contribution in [0, 0.1) is 0 Å². The minimum absolute atomic E-state index is 0.355. The van der Waals surface area contributed by atoms with E-state index in [-0.39, 0.29) is 11.2 Å². The van der Waals surface area contributed by atoms with Crippen LogP contribution in [0.25, 0.3) is 11.0 Å². The molecule has 2 aromatic heterocycles. The monoisotopic (exact) mass is 288 g/mol. The predicted octanol–water partition coefficient (Wildman–Crippen LogP) is 1.88. The topological polar surface area (TPSA) is 45.5 Å². The van der Waals surface area contributed by atoms with E-state index in [0.29, 0.717) is 0 Å². The van der Waals surface area contributed by atoms with Gasteiger partial charge >= 0.3 is 7.12 Å². The molecule has 0 atom stereocenters. The minimum Gasteiger partial charge on any atom is -0.495 e. The van der Waals surface area contributed by atoms with Gasteiger partial charge in [0.05, 0.1) is 24.5 Å². The number of aromatic nitrogens is 2. The minimum atomic E-state index is -0.396. The highest BCUT2D eigenvalue weighted by Gasteiger charge is 2.52. The molecule has 112 valence electrons. The summed E-state index contributed by atoms with van der Waals surface area (Å²) in [5.74, 6) is 0.728. The van der Waals surface area contributed by atoms with Crippen molar-refractivity contribution in [1.29, 1.82) is 0 Å². The number of rotatable bonds is 2. The number of methoxy groups -OCH3 is 1. The highest BCUT2D eigenvalue weighted by Crippen LogP contribution is 2.37. The molecular weight excluding hydrogens is 267 g/mol. The Bertz CT molecular complexity index is 678. The van der Waals surface area contributed by atoms with E-state index in [1.807, 2.05) is 23.9 Å². The highest BCUT2D eigenvalue weighted by atomic mass is 16.7. The lowest BCUT2D eigenvalue weighted by atomic mass is 9.79. The maximum atomic E-state index is 6.14. The average Bonchev–Trinajstić information content (AvgIpc) is 2.84. The molecule has 0 bridgehead atoms. The molecule has 5 nitrogen and oxygen atoms in total. The molecule has 3 rings (SSSR count). The molecule has 0 N–H and O–H groups in total. The second-order valence-electron chi connectivity index (χ2n) is 6.53. The Kier molecular flexibility index (Phi) is 3.08. The van der Waals surface area contributed by atoms with Gasteiger partial charge in [0.25, 0.3) is 0 Å². The number of pyridine rings is 1. The molecule has 0 aromatic carbocycles. The van der Waals surface area contributed by atoms with E-state index < -0.39 is 7.12 Å². The first-order valence-corrected chi connectivity index (χ1v) is 7.10. The van der Waals surface area contributed by atoms with Crippen LogP contribution < -0.4 is 10.2 Å². The van der Waals surface area contributed by atoms with Crippen molar-refractivity contribution in [2.75, 3.05) is 7.11 Å². The molecule has 1 fully saturated rings. The number of hydrogen-bond donors (Lipinski definition) is 0. The van der Waals surface area contributed by atoms with Gasteiger partial charge in [-0.05, 0) is 33.8 Å². The molecule has 0 amide bonds. The number of aryl methyl sites for hydroxylation is 1. The molecule has 0 unspecified atom stereocenters. The summed E-state index contributed by atoms with van der Waals surface area (Å²) in [6, 6.07) is 1.97. The van der Waals surface area contributed by atoms with E-state index in [0.717, 1.165) is 22.2 Å². The Morgan fingerprint density at radius 3 is 2.38 bits per heavy atom. The summed E-state index contributed by atoms with van der Waals surface area (Å²) < 4.78 is 19.5. The Hall–Kier alpha value is -1.53. The molecule has 0 radical (unpaired) electrons. The van der Waals surface area contributed by atoms with Crippen molar-refractivity contribution in [3.8, 4) is 5.75 Å². The largest absolute Gasteiger partial charge is 0.497 e. The number of nitrogens with zero attached hydrogens (tertiary/aromatic N) is 2. The average molecular weight is 288 g/mol. The third-order valence-corrected chi connectivity index (χ3v) is 4.56. The van der Waals surface area contributed by atoms with Crippen molar-refractivity contribution in [3.05, 3.63) is 18.5 Å². The van der Waals surface area contributed by atoms with Crippen molar-refractivity contribution in [2.45, 2.75) is 38.9 Å². The van der Waals surface area contributed by atoms with E-state index in [2.05, 4.69) is 32.7 Å². The van der Waals surface area contributed by atoms with E-state index in [9.17, 15) is 0 Å². The van der Waals surface area contributed by atoms with Gasteiger partial charge in [0.2, 0.25) is 0 Å². The molecule has 21 heavy (non-hydrogen) atoms. The lowest BCUT2D eigenvalue weighted by Crippen LogP contribution is -2.41. The van der Waals surface area contributed by atoms with Crippen molar-refractivity contribution in [2.24, 2.45) is 7.05 Å². The van der Waals surface area contributed by atoms with Crippen LogP contribution in [-0.4, -0.2) is 35.0 Å². The Morgan fingerprint density at radius 1 is 1.19 bits per heavy atom. The van der Waals surface area contributed by atoms with Crippen molar-refractivity contribution in [3.63, 3.8) is 0 Å². The molecule has 1 aliphatic heterocycles. The van der Waals surface area contributed by atoms with Gasteiger partial charge in [-0.1, -0.05) is 0 Å². The molecule has 1 saturated heterocycles. The van der Waals surface area contributed by atoms with Crippen LogP contribution in [0.5, 0.6) is 5.75 Å². The van der Waals surface area contributed by atoms with Gasteiger partial charge in [-0.25, -0.2) is 4.98 Å². The molecular formula is C15H21BN2O3. The lowest BCUT2D eigenvalue weighted by Gasteiger charge is -2.32. The second kappa shape index (κ2) is 4.48. The van der Waals surface area contributed by atoms with Gasteiger partial charge in [-0.15, -0.1) is 0 Å². The Morgan fingerprint density at radius 2 is 1.81 bits per heavy atom. The van der Waals surface area contributed by atoms with Gasteiger partial charge in [-0.3, -0.25) is 0 Å². The number of ether oxygens (including phenoxy) is 1. The van der Waals surface area contributed by atoms with E-state index >= 15 is 0 Å². The van der Waals surface area contributed by atoms with Crippen LogP contribution in [0.3, 0.4) is 0 Å². The molecule has 0 saturated carbocycles. The van der Waals surface area contributed by atoms with Crippen molar-refractivity contribution >= 4 is 23.6 Å². The number of fused-ring (bicyclic) bond motifs is 1. The zero-order chi connectivity index (χ0) is 15.4. The summed E-state index contributed by atoms with van der Waals surface area (Å²) in [7, 11) is 3.21. The predicted molar refractivity (Wildman–Crippen MR) is 83.0 cm³/mol. The third-order valence-electron chi connectivity index (χ3n) is 4.56. The van der Waals surface area contributed by atoms with Gasteiger partial charge in [0.1, 0.15) is 11.4 Å². The third kappa shape index (κ3) is 2.13. The zero-order valence-corrected chi connectivity index (χ0v) is 13.4. The maximum absolute atomic E-state index is 6.14. The van der Waals surface area contributed by atoms with E-state index in [1.165, 1.54) is 0 Å². The maximum Gasteiger partial charge on any atom is 0.497 e. The van der Waals surface area contributed by atoms with Gasteiger partial charge < -0.3 is 18.6 Å². The SMILES string of the molecule is COc1cnc2c(c1)c(B1OC(C)(C)C(C)(C)O1)cn2C. The number of hydrogen-bond acceptors (Lipinski definition) is 4. The molecule has 0 spiro atoms. The Labute approximate surface area is 125 Å². The summed E-state index contributed by atoms with van der Waals surface area (Å²) >= 11 is 0. The lowest BCUT2D eigenvalue weighted by molar-refractivity contribution is 0.00578. The second-order valence-corrected chi connectivity index (χ2v) is 6.53. The fourth-order valence-electron chi connectivity index (χ4n) is 2.54. The van der Waals surface area contributed by atoms with Crippen molar-refractivity contribution in [1.82, 2.24) is 9.55 Å². The van der Waals surface area contributed by atoms with E-state index in [4.69, 9.17) is 14.0 Å². The van der Waals surface area contributed by atoms with Gasteiger partial charge in [0.15, 0.2) is 0 Å². The fourth-order valence-corrected chi connectivity index (χ4v) is 2.54. The normalized spacial score (nSPS) is 20.2. The van der Waals surface area contributed by atoms with Crippen LogP contribution in [0.2, 0.25) is 0 Å². The summed E-state index contributed by atoms with van der Waals surface area (Å²) in [5.41, 5.74) is 1.16. The quantitative estimate of drug-likeness (QED) is 0.792.